The van der Waals surface area contributed by atoms with Crippen LogP contribution < -0.4 is 0 Å². The monoisotopic (exact) mass is 190 g/mol. The van der Waals surface area contributed by atoms with Crippen LogP contribution in [0.15, 0.2) is 42.5 Å². The second-order valence-electron chi connectivity index (χ2n) is 3.19. The van der Waals surface area contributed by atoms with E-state index in [1.165, 1.54) is 10.8 Å². The average molecular weight is 190 g/mol. The lowest BCUT2D eigenvalue weighted by Gasteiger charge is -1.96. The maximum Gasteiger partial charge on any atom is 0.0261 e. The molecule has 15 heavy (non-hydrogen) atoms. The molecular weight excluding hydrogens is 180 g/mol. The molecule has 2 rings (SSSR count). The van der Waals surface area contributed by atoms with Gasteiger partial charge in [-0.05, 0) is 41.7 Å². The van der Waals surface area contributed by atoms with E-state index in [1.807, 2.05) is 18.2 Å². The van der Waals surface area contributed by atoms with E-state index in [2.05, 4.69) is 47.9 Å². The van der Waals surface area contributed by atoms with Crippen LogP contribution in [-0.4, -0.2) is 0 Å². The van der Waals surface area contributed by atoms with Gasteiger partial charge in [-0.25, -0.2) is 0 Å². The zero-order valence-electron chi connectivity index (χ0n) is 8.54. The third kappa shape index (κ3) is 2.19. The Balaban J connectivity index is 2.47. The SMILES string of the molecule is CC#CC#Cc1ccc2ccccc2c1. The van der Waals surface area contributed by atoms with Crippen molar-refractivity contribution in [1.29, 1.82) is 0 Å². The van der Waals surface area contributed by atoms with E-state index in [0.29, 0.717) is 0 Å². The van der Waals surface area contributed by atoms with Gasteiger partial charge in [-0.1, -0.05) is 42.2 Å². The summed E-state index contributed by atoms with van der Waals surface area (Å²) in [7, 11) is 0. The molecule has 0 spiro atoms. The summed E-state index contributed by atoms with van der Waals surface area (Å²) in [4.78, 5) is 0. The summed E-state index contributed by atoms with van der Waals surface area (Å²) in [5.74, 6) is 11.3. The van der Waals surface area contributed by atoms with E-state index < -0.39 is 0 Å². The van der Waals surface area contributed by atoms with Crippen molar-refractivity contribution in [2.75, 3.05) is 0 Å². The van der Waals surface area contributed by atoms with Gasteiger partial charge in [-0.15, -0.1) is 0 Å². The van der Waals surface area contributed by atoms with E-state index >= 15 is 0 Å². The van der Waals surface area contributed by atoms with Gasteiger partial charge in [0.25, 0.3) is 0 Å². The van der Waals surface area contributed by atoms with Crippen LogP contribution in [0.3, 0.4) is 0 Å². The molecule has 0 heteroatoms. The Kier molecular flexibility index (Phi) is 2.72. The van der Waals surface area contributed by atoms with E-state index in [0.717, 1.165) is 5.56 Å². The van der Waals surface area contributed by atoms with Gasteiger partial charge in [0.2, 0.25) is 0 Å². The number of hydrogen-bond acceptors (Lipinski definition) is 0. The van der Waals surface area contributed by atoms with Crippen molar-refractivity contribution >= 4 is 10.8 Å². The average Bonchev–Trinajstić information content (AvgIpc) is 2.29. The van der Waals surface area contributed by atoms with Crippen molar-refractivity contribution in [1.82, 2.24) is 0 Å². The molecule has 0 bridgehead atoms. The Morgan fingerprint density at radius 1 is 0.867 bits per heavy atom. The van der Waals surface area contributed by atoms with Gasteiger partial charge >= 0.3 is 0 Å². The molecule has 0 saturated carbocycles. The highest BCUT2D eigenvalue weighted by Gasteiger charge is 1.91. The van der Waals surface area contributed by atoms with Crippen molar-refractivity contribution in [3.63, 3.8) is 0 Å². The molecule has 0 heterocycles. The Bertz CT molecular complexity index is 598. The van der Waals surface area contributed by atoms with Crippen LogP contribution in [0.2, 0.25) is 0 Å². The third-order valence-corrected chi connectivity index (χ3v) is 2.14. The van der Waals surface area contributed by atoms with Crippen molar-refractivity contribution in [2.45, 2.75) is 6.92 Å². The van der Waals surface area contributed by atoms with Crippen molar-refractivity contribution in [3.8, 4) is 23.7 Å². The lowest BCUT2D eigenvalue weighted by atomic mass is 10.1. The first-order valence-corrected chi connectivity index (χ1v) is 4.82. The lowest BCUT2D eigenvalue weighted by molar-refractivity contribution is 1.70. The molecule has 0 aliphatic heterocycles. The summed E-state index contributed by atoms with van der Waals surface area (Å²) in [6.45, 7) is 1.79. The second kappa shape index (κ2) is 4.36. The normalized spacial score (nSPS) is 8.60. The lowest BCUT2D eigenvalue weighted by Crippen LogP contribution is -1.75. The van der Waals surface area contributed by atoms with Gasteiger partial charge in [-0.3, -0.25) is 0 Å². The van der Waals surface area contributed by atoms with E-state index in [4.69, 9.17) is 0 Å². The molecule has 0 N–H and O–H groups in total. The van der Waals surface area contributed by atoms with E-state index in [1.54, 1.807) is 6.92 Å². The minimum atomic E-state index is 1.01. The van der Waals surface area contributed by atoms with Crippen LogP contribution in [0.25, 0.3) is 10.8 Å². The van der Waals surface area contributed by atoms with Crippen LogP contribution in [-0.2, 0) is 0 Å². The molecule has 0 aliphatic carbocycles. The topological polar surface area (TPSA) is 0 Å². The molecule has 70 valence electrons. The Morgan fingerprint density at radius 3 is 2.47 bits per heavy atom. The van der Waals surface area contributed by atoms with Gasteiger partial charge in [0.1, 0.15) is 0 Å². The summed E-state index contributed by atoms with van der Waals surface area (Å²) in [6.07, 6.45) is 0. The number of benzene rings is 2. The summed E-state index contributed by atoms with van der Waals surface area (Å²) in [5.41, 5.74) is 1.01. The molecule has 0 radical (unpaired) electrons. The van der Waals surface area contributed by atoms with Crippen molar-refractivity contribution in [2.24, 2.45) is 0 Å². The van der Waals surface area contributed by atoms with Gasteiger partial charge in [0.15, 0.2) is 0 Å². The molecule has 0 saturated heterocycles. The highest BCUT2D eigenvalue weighted by atomic mass is 14.0. The largest absolute Gasteiger partial charge is 0.0925 e. The first kappa shape index (κ1) is 9.38. The van der Waals surface area contributed by atoms with Gasteiger partial charge < -0.3 is 0 Å². The van der Waals surface area contributed by atoms with Crippen LogP contribution in [0.1, 0.15) is 12.5 Å². The standard InChI is InChI=1S/C15H10/c1-2-3-4-7-13-10-11-14-8-5-6-9-15(14)12-13/h5-6,8-12H,1H3. The van der Waals surface area contributed by atoms with Crippen LogP contribution >= 0.6 is 0 Å². The molecule has 0 aliphatic rings. The fraction of sp³-hybridized carbons (Fsp3) is 0.0667. The number of fused-ring (bicyclic) bond motifs is 1. The van der Waals surface area contributed by atoms with Gasteiger partial charge in [-0.2, -0.15) is 0 Å². The minimum Gasteiger partial charge on any atom is -0.0925 e. The number of hydrogen-bond donors (Lipinski definition) is 0. The van der Waals surface area contributed by atoms with Crippen molar-refractivity contribution in [3.05, 3.63) is 48.0 Å². The van der Waals surface area contributed by atoms with Crippen LogP contribution in [0.5, 0.6) is 0 Å². The third-order valence-electron chi connectivity index (χ3n) is 2.14. The molecule has 2 aromatic carbocycles. The smallest absolute Gasteiger partial charge is 0.0261 e. The highest BCUT2D eigenvalue weighted by molar-refractivity contribution is 5.83. The van der Waals surface area contributed by atoms with Gasteiger partial charge in [0, 0.05) is 5.56 Å². The minimum absolute atomic E-state index is 1.01. The molecule has 0 amide bonds. The van der Waals surface area contributed by atoms with E-state index in [-0.39, 0.29) is 0 Å². The Morgan fingerprint density at radius 2 is 1.67 bits per heavy atom. The van der Waals surface area contributed by atoms with Crippen LogP contribution in [0.4, 0.5) is 0 Å². The fourth-order valence-electron chi connectivity index (χ4n) is 1.43. The summed E-state index contributed by atoms with van der Waals surface area (Å²) >= 11 is 0. The summed E-state index contributed by atoms with van der Waals surface area (Å²) in [5, 5.41) is 2.46. The molecule has 0 aromatic heterocycles. The first-order valence-electron chi connectivity index (χ1n) is 4.82. The molecule has 0 unspecified atom stereocenters. The fourth-order valence-corrected chi connectivity index (χ4v) is 1.43. The molecule has 0 nitrogen and oxygen atoms in total. The quantitative estimate of drug-likeness (QED) is 0.559. The predicted molar refractivity (Wildman–Crippen MR) is 64.3 cm³/mol. The first-order chi connectivity index (χ1) is 7.40. The Hall–Kier alpha value is -2.18. The summed E-state index contributed by atoms with van der Waals surface area (Å²) < 4.78 is 0. The molecule has 0 fully saturated rings. The maximum absolute atomic E-state index is 3.01. The predicted octanol–water partition coefficient (Wildman–Crippen LogP) is 3.21. The molecular formula is C15H10. The highest BCUT2D eigenvalue weighted by Crippen LogP contribution is 2.14. The molecule has 0 atom stereocenters. The Labute approximate surface area is 89.9 Å². The van der Waals surface area contributed by atoms with E-state index in [9.17, 15) is 0 Å². The van der Waals surface area contributed by atoms with Crippen LogP contribution in [0, 0.1) is 23.7 Å². The zero-order valence-corrected chi connectivity index (χ0v) is 8.54. The molecule has 2 aromatic rings. The zero-order chi connectivity index (χ0) is 10.5. The maximum atomic E-state index is 3.01. The summed E-state index contributed by atoms with van der Waals surface area (Å²) in [6, 6.07) is 14.4. The second-order valence-corrected chi connectivity index (χ2v) is 3.19. The van der Waals surface area contributed by atoms with Gasteiger partial charge in [0.05, 0.1) is 0 Å². The number of rotatable bonds is 0. The van der Waals surface area contributed by atoms with Crippen molar-refractivity contribution < 1.29 is 0 Å².